The van der Waals surface area contributed by atoms with E-state index in [1.165, 1.54) is 17.0 Å². The number of carbonyl (C=O) groups is 1. The molecule has 6 heteroatoms. The number of carbonyl (C=O) groups excluding carboxylic acids is 1. The highest BCUT2D eigenvalue weighted by Crippen LogP contribution is 2.16. The van der Waals surface area contributed by atoms with Gasteiger partial charge in [0.15, 0.2) is 0 Å². The molecule has 0 atom stereocenters. The molecule has 0 bridgehead atoms. The third-order valence-electron chi connectivity index (χ3n) is 3.24. The van der Waals surface area contributed by atoms with Gasteiger partial charge in [-0.05, 0) is 36.2 Å². The standard InChI is InChI=1S/C16H18N2O3S/c1-12-8-14(10-15(9-12)22(17,20)21)16(19)18(2)11-13-6-4-3-5-7-13/h3-10H,11H2,1-2H3,(H2,17,20,21). The van der Waals surface area contributed by atoms with E-state index in [0.717, 1.165) is 5.56 Å². The maximum absolute atomic E-state index is 12.5. The maximum atomic E-state index is 12.5. The van der Waals surface area contributed by atoms with Gasteiger partial charge in [0.05, 0.1) is 4.90 Å². The maximum Gasteiger partial charge on any atom is 0.253 e. The predicted octanol–water partition coefficient (Wildman–Crippen LogP) is 1.91. The third-order valence-corrected chi connectivity index (χ3v) is 4.13. The molecule has 5 nitrogen and oxygen atoms in total. The first kappa shape index (κ1) is 16.2. The van der Waals surface area contributed by atoms with Gasteiger partial charge in [-0.1, -0.05) is 30.3 Å². The van der Waals surface area contributed by atoms with Crippen molar-refractivity contribution in [1.29, 1.82) is 0 Å². The van der Waals surface area contributed by atoms with Crippen LogP contribution < -0.4 is 5.14 Å². The largest absolute Gasteiger partial charge is 0.337 e. The zero-order chi connectivity index (χ0) is 16.3. The van der Waals surface area contributed by atoms with Gasteiger partial charge in [0.25, 0.3) is 5.91 Å². The average molecular weight is 318 g/mol. The number of rotatable bonds is 4. The van der Waals surface area contributed by atoms with Crippen molar-refractivity contribution in [3.8, 4) is 0 Å². The molecule has 0 aromatic heterocycles. The summed E-state index contributed by atoms with van der Waals surface area (Å²) in [6.45, 7) is 2.17. The fourth-order valence-corrected chi connectivity index (χ4v) is 2.83. The molecule has 0 unspecified atom stereocenters. The molecule has 0 heterocycles. The summed E-state index contributed by atoms with van der Waals surface area (Å²) in [5, 5.41) is 5.14. The molecular formula is C16H18N2O3S. The minimum atomic E-state index is -3.84. The summed E-state index contributed by atoms with van der Waals surface area (Å²) < 4.78 is 22.9. The van der Waals surface area contributed by atoms with E-state index >= 15 is 0 Å². The van der Waals surface area contributed by atoms with Crippen molar-refractivity contribution >= 4 is 15.9 Å². The summed E-state index contributed by atoms with van der Waals surface area (Å²) >= 11 is 0. The van der Waals surface area contributed by atoms with Gasteiger partial charge in [-0.25, -0.2) is 13.6 Å². The third kappa shape index (κ3) is 3.93. The van der Waals surface area contributed by atoms with Gasteiger partial charge in [0, 0.05) is 19.2 Å². The summed E-state index contributed by atoms with van der Waals surface area (Å²) in [6.07, 6.45) is 0. The van der Waals surface area contributed by atoms with Crippen LogP contribution in [0.25, 0.3) is 0 Å². The summed E-state index contributed by atoms with van der Waals surface area (Å²) in [7, 11) is -2.16. The van der Waals surface area contributed by atoms with E-state index in [-0.39, 0.29) is 10.8 Å². The lowest BCUT2D eigenvalue weighted by atomic mass is 10.1. The monoisotopic (exact) mass is 318 g/mol. The van der Waals surface area contributed by atoms with E-state index < -0.39 is 10.0 Å². The zero-order valence-corrected chi connectivity index (χ0v) is 13.3. The molecule has 0 radical (unpaired) electrons. The van der Waals surface area contributed by atoms with Crippen molar-refractivity contribution in [3.63, 3.8) is 0 Å². The second-order valence-electron chi connectivity index (χ2n) is 5.23. The minimum absolute atomic E-state index is 0.0519. The second kappa shape index (κ2) is 6.29. The number of amides is 1. The number of hydrogen-bond donors (Lipinski definition) is 1. The van der Waals surface area contributed by atoms with Crippen LogP contribution in [0.5, 0.6) is 0 Å². The van der Waals surface area contributed by atoms with Crippen LogP contribution in [0, 0.1) is 6.92 Å². The van der Waals surface area contributed by atoms with Gasteiger partial charge >= 0.3 is 0 Å². The molecule has 2 rings (SSSR count). The van der Waals surface area contributed by atoms with E-state index in [0.29, 0.717) is 17.7 Å². The van der Waals surface area contributed by atoms with Crippen molar-refractivity contribution in [2.75, 3.05) is 7.05 Å². The Kier molecular flexibility index (Phi) is 4.63. The molecule has 0 aliphatic rings. The van der Waals surface area contributed by atoms with E-state index in [1.807, 2.05) is 30.3 Å². The van der Waals surface area contributed by atoms with Gasteiger partial charge < -0.3 is 4.90 Å². The highest BCUT2D eigenvalue weighted by molar-refractivity contribution is 7.89. The summed E-state index contributed by atoms with van der Waals surface area (Å²) in [4.78, 5) is 14.0. The quantitative estimate of drug-likeness (QED) is 0.935. The summed E-state index contributed by atoms with van der Waals surface area (Å²) in [5.41, 5.74) is 1.98. The molecule has 0 saturated heterocycles. The Balaban J connectivity index is 2.27. The van der Waals surface area contributed by atoms with Gasteiger partial charge in [0.1, 0.15) is 0 Å². The van der Waals surface area contributed by atoms with Crippen molar-refractivity contribution in [3.05, 3.63) is 65.2 Å². The Morgan fingerprint density at radius 1 is 1.14 bits per heavy atom. The molecule has 22 heavy (non-hydrogen) atoms. The van der Waals surface area contributed by atoms with Crippen LogP contribution >= 0.6 is 0 Å². The van der Waals surface area contributed by atoms with E-state index in [9.17, 15) is 13.2 Å². The number of benzene rings is 2. The van der Waals surface area contributed by atoms with Crippen LogP contribution in [-0.4, -0.2) is 26.3 Å². The Hall–Kier alpha value is -2.18. The number of hydrogen-bond acceptors (Lipinski definition) is 3. The molecule has 2 N–H and O–H groups in total. The van der Waals surface area contributed by atoms with Crippen molar-refractivity contribution < 1.29 is 13.2 Å². The number of aryl methyl sites for hydroxylation is 1. The van der Waals surface area contributed by atoms with Crippen molar-refractivity contribution in [2.45, 2.75) is 18.4 Å². The normalized spacial score (nSPS) is 11.2. The van der Waals surface area contributed by atoms with E-state index in [4.69, 9.17) is 5.14 Å². The summed E-state index contributed by atoms with van der Waals surface area (Å²) in [6, 6.07) is 14.0. The molecule has 0 fully saturated rings. The fourth-order valence-electron chi connectivity index (χ4n) is 2.19. The smallest absolute Gasteiger partial charge is 0.253 e. The highest BCUT2D eigenvalue weighted by Gasteiger charge is 2.16. The van der Waals surface area contributed by atoms with Gasteiger partial charge in [-0.3, -0.25) is 4.79 Å². The van der Waals surface area contributed by atoms with Gasteiger partial charge in [-0.2, -0.15) is 0 Å². The highest BCUT2D eigenvalue weighted by atomic mass is 32.2. The lowest BCUT2D eigenvalue weighted by molar-refractivity contribution is 0.0784. The van der Waals surface area contributed by atoms with E-state index in [2.05, 4.69) is 0 Å². The van der Waals surface area contributed by atoms with Crippen molar-refractivity contribution in [2.24, 2.45) is 5.14 Å². The second-order valence-corrected chi connectivity index (χ2v) is 6.79. The topological polar surface area (TPSA) is 80.5 Å². The SMILES string of the molecule is Cc1cc(C(=O)N(C)Cc2ccccc2)cc(S(N)(=O)=O)c1. The molecule has 0 aliphatic carbocycles. The van der Waals surface area contributed by atoms with Crippen molar-refractivity contribution in [1.82, 2.24) is 4.90 Å². The molecule has 116 valence electrons. The zero-order valence-electron chi connectivity index (χ0n) is 12.5. The lowest BCUT2D eigenvalue weighted by Crippen LogP contribution is -2.26. The molecule has 2 aromatic carbocycles. The van der Waals surface area contributed by atoms with Crippen LogP contribution in [0.4, 0.5) is 0 Å². The number of nitrogens with zero attached hydrogens (tertiary/aromatic N) is 1. The summed E-state index contributed by atoms with van der Waals surface area (Å²) in [5.74, 6) is -0.252. The predicted molar refractivity (Wildman–Crippen MR) is 84.8 cm³/mol. The Bertz CT molecular complexity index is 786. The molecule has 1 amide bonds. The van der Waals surface area contributed by atoms with Crippen LogP contribution in [0.1, 0.15) is 21.5 Å². The first-order valence-corrected chi connectivity index (χ1v) is 8.26. The van der Waals surface area contributed by atoms with Gasteiger partial charge in [-0.15, -0.1) is 0 Å². The Morgan fingerprint density at radius 3 is 2.36 bits per heavy atom. The molecule has 0 saturated carbocycles. The number of primary sulfonamides is 1. The van der Waals surface area contributed by atoms with E-state index in [1.54, 1.807) is 20.0 Å². The minimum Gasteiger partial charge on any atom is -0.337 e. The van der Waals surface area contributed by atoms with Crippen LogP contribution in [0.2, 0.25) is 0 Å². The van der Waals surface area contributed by atoms with Crippen LogP contribution in [0.3, 0.4) is 0 Å². The average Bonchev–Trinajstić information content (AvgIpc) is 2.46. The molecular weight excluding hydrogens is 300 g/mol. The Labute approximate surface area is 130 Å². The fraction of sp³-hybridized carbons (Fsp3) is 0.188. The van der Waals surface area contributed by atoms with Crippen LogP contribution in [-0.2, 0) is 16.6 Å². The van der Waals surface area contributed by atoms with Crippen LogP contribution in [0.15, 0.2) is 53.4 Å². The Morgan fingerprint density at radius 2 is 1.77 bits per heavy atom. The molecule has 2 aromatic rings. The van der Waals surface area contributed by atoms with Gasteiger partial charge in [0.2, 0.25) is 10.0 Å². The first-order valence-electron chi connectivity index (χ1n) is 6.71. The first-order chi connectivity index (χ1) is 10.3. The number of nitrogens with two attached hydrogens (primary N) is 1. The lowest BCUT2D eigenvalue weighted by Gasteiger charge is -2.18. The molecule has 0 spiro atoms. The molecule has 0 aliphatic heterocycles. The number of sulfonamides is 1.